The van der Waals surface area contributed by atoms with Gasteiger partial charge in [0.25, 0.3) is 0 Å². The number of nitrogens with one attached hydrogen (secondary N) is 1. The van der Waals surface area contributed by atoms with Crippen molar-refractivity contribution >= 4 is 29.9 Å². The molecule has 1 aromatic carbocycles. The van der Waals surface area contributed by atoms with Crippen LogP contribution in [0, 0.1) is 0 Å². The highest BCUT2D eigenvalue weighted by molar-refractivity contribution is 14.0. The number of halogens is 1. The molecular weight excluding hydrogens is 443 g/mol. The summed E-state index contributed by atoms with van der Waals surface area (Å²) in [6.45, 7) is 4.52. The molecule has 0 radical (unpaired) electrons. The lowest BCUT2D eigenvalue weighted by Gasteiger charge is -2.22. The molecule has 142 valence electrons. The molecule has 0 aliphatic carbocycles. The van der Waals surface area contributed by atoms with Crippen LogP contribution in [0.15, 0.2) is 53.7 Å². The predicted molar refractivity (Wildman–Crippen MR) is 116 cm³/mol. The molecule has 2 aromatic rings. The quantitative estimate of drug-likeness (QED) is 0.365. The summed E-state index contributed by atoms with van der Waals surface area (Å²) in [5.74, 6) is 2.33. The van der Waals surface area contributed by atoms with Crippen LogP contribution in [-0.4, -0.2) is 49.7 Å². The molecule has 0 bridgehead atoms. The molecule has 0 atom stereocenters. The molecule has 0 saturated heterocycles. The third-order valence-corrected chi connectivity index (χ3v) is 3.55. The minimum absolute atomic E-state index is 0. The van der Waals surface area contributed by atoms with Crippen molar-refractivity contribution in [2.24, 2.45) is 4.99 Å². The SMILES string of the molecule is CCOc1cc(CNC(=NC)N(C)CCOc2ccccc2)ccn1.I. The highest BCUT2D eigenvalue weighted by Gasteiger charge is 2.06. The number of hydrogen-bond donors (Lipinski definition) is 1. The fourth-order valence-corrected chi connectivity index (χ4v) is 2.28. The van der Waals surface area contributed by atoms with Gasteiger partial charge in [0, 0.05) is 32.9 Å². The number of ether oxygens (including phenoxy) is 2. The molecule has 0 aliphatic heterocycles. The monoisotopic (exact) mass is 470 g/mol. The number of hydrogen-bond acceptors (Lipinski definition) is 4. The molecule has 1 N–H and O–H groups in total. The molecule has 0 fully saturated rings. The summed E-state index contributed by atoms with van der Waals surface area (Å²) < 4.78 is 11.2. The summed E-state index contributed by atoms with van der Waals surface area (Å²) in [5, 5.41) is 3.34. The molecule has 7 heteroatoms. The van der Waals surface area contributed by atoms with Crippen LogP contribution in [0.1, 0.15) is 12.5 Å². The van der Waals surface area contributed by atoms with Gasteiger partial charge >= 0.3 is 0 Å². The van der Waals surface area contributed by atoms with Gasteiger partial charge in [-0.2, -0.15) is 0 Å². The second-order valence-corrected chi connectivity index (χ2v) is 5.42. The molecule has 6 nitrogen and oxygen atoms in total. The maximum atomic E-state index is 5.73. The number of pyridine rings is 1. The zero-order chi connectivity index (χ0) is 17.9. The van der Waals surface area contributed by atoms with Crippen molar-refractivity contribution in [1.29, 1.82) is 0 Å². The average Bonchev–Trinajstić information content (AvgIpc) is 2.64. The van der Waals surface area contributed by atoms with E-state index in [4.69, 9.17) is 9.47 Å². The molecule has 0 saturated carbocycles. The first kappa shape index (κ1) is 22.0. The van der Waals surface area contributed by atoms with E-state index in [2.05, 4.69) is 15.3 Å². The van der Waals surface area contributed by atoms with Crippen LogP contribution in [0.4, 0.5) is 0 Å². The lowest BCUT2D eigenvalue weighted by atomic mass is 10.2. The summed E-state index contributed by atoms with van der Waals surface area (Å²) in [4.78, 5) is 10.5. The van der Waals surface area contributed by atoms with Crippen LogP contribution in [0.2, 0.25) is 0 Å². The Morgan fingerprint density at radius 3 is 2.65 bits per heavy atom. The van der Waals surface area contributed by atoms with E-state index in [1.807, 2.05) is 61.3 Å². The molecule has 0 spiro atoms. The molecular formula is C19H27IN4O2. The Morgan fingerprint density at radius 1 is 1.19 bits per heavy atom. The summed E-state index contributed by atoms with van der Waals surface area (Å²) in [5.41, 5.74) is 1.09. The minimum atomic E-state index is 0. The number of guanidine groups is 1. The van der Waals surface area contributed by atoms with Gasteiger partial charge in [0.15, 0.2) is 5.96 Å². The Kier molecular flexibility index (Phi) is 10.5. The Labute approximate surface area is 172 Å². The third-order valence-electron chi connectivity index (χ3n) is 3.55. The normalized spacial score (nSPS) is 10.7. The van der Waals surface area contributed by atoms with Crippen LogP contribution < -0.4 is 14.8 Å². The molecule has 26 heavy (non-hydrogen) atoms. The van der Waals surface area contributed by atoms with E-state index < -0.39 is 0 Å². The fraction of sp³-hybridized carbons (Fsp3) is 0.368. The maximum Gasteiger partial charge on any atom is 0.213 e. The first-order chi connectivity index (χ1) is 12.2. The van der Waals surface area contributed by atoms with E-state index in [1.165, 1.54) is 0 Å². The van der Waals surface area contributed by atoms with Crippen molar-refractivity contribution in [3.05, 3.63) is 54.2 Å². The van der Waals surface area contributed by atoms with Gasteiger partial charge in [0.1, 0.15) is 12.4 Å². The van der Waals surface area contributed by atoms with Crippen LogP contribution >= 0.6 is 24.0 Å². The zero-order valence-electron chi connectivity index (χ0n) is 15.5. The fourth-order valence-electron chi connectivity index (χ4n) is 2.28. The van der Waals surface area contributed by atoms with E-state index in [9.17, 15) is 0 Å². The van der Waals surface area contributed by atoms with E-state index in [0.29, 0.717) is 25.6 Å². The summed E-state index contributed by atoms with van der Waals surface area (Å²) >= 11 is 0. The van der Waals surface area contributed by atoms with Crippen LogP contribution in [0.3, 0.4) is 0 Å². The van der Waals surface area contributed by atoms with Crippen molar-refractivity contribution in [2.45, 2.75) is 13.5 Å². The van der Waals surface area contributed by atoms with E-state index >= 15 is 0 Å². The first-order valence-electron chi connectivity index (χ1n) is 8.40. The first-order valence-corrected chi connectivity index (χ1v) is 8.40. The average molecular weight is 470 g/mol. The van der Waals surface area contributed by atoms with Crippen LogP contribution in [0.5, 0.6) is 11.6 Å². The molecule has 1 aromatic heterocycles. The van der Waals surface area contributed by atoms with Crippen molar-refractivity contribution < 1.29 is 9.47 Å². The van der Waals surface area contributed by atoms with Gasteiger partial charge in [-0.05, 0) is 30.7 Å². The lowest BCUT2D eigenvalue weighted by molar-refractivity contribution is 0.281. The van der Waals surface area contributed by atoms with E-state index in [0.717, 1.165) is 23.8 Å². The Bertz CT molecular complexity index is 668. The predicted octanol–water partition coefficient (Wildman–Crippen LogP) is 3.18. The smallest absolute Gasteiger partial charge is 0.213 e. The Hall–Kier alpha value is -2.03. The van der Waals surface area contributed by atoms with Gasteiger partial charge in [-0.1, -0.05) is 18.2 Å². The number of rotatable bonds is 8. The summed E-state index contributed by atoms with van der Waals surface area (Å²) in [6.07, 6.45) is 1.75. The number of para-hydroxylation sites is 1. The molecule has 2 rings (SSSR count). The molecule has 0 amide bonds. The zero-order valence-corrected chi connectivity index (χ0v) is 17.8. The van der Waals surface area contributed by atoms with Gasteiger partial charge in [-0.15, -0.1) is 24.0 Å². The van der Waals surface area contributed by atoms with Crippen molar-refractivity contribution in [1.82, 2.24) is 15.2 Å². The van der Waals surface area contributed by atoms with E-state index in [1.54, 1.807) is 13.2 Å². The van der Waals surface area contributed by atoms with Gasteiger partial charge in [0.2, 0.25) is 5.88 Å². The number of aliphatic imine (C=N–C) groups is 1. The second-order valence-electron chi connectivity index (χ2n) is 5.42. The Balaban J connectivity index is 0.00000338. The third kappa shape index (κ3) is 7.47. The summed E-state index contributed by atoms with van der Waals surface area (Å²) in [7, 11) is 3.76. The number of benzene rings is 1. The van der Waals surface area contributed by atoms with Gasteiger partial charge in [-0.25, -0.2) is 4.98 Å². The largest absolute Gasteiger partial charge is 0.492 e. The second kappa shape index (κ2) is 12.3. The molecule has 1 heterocycles. The molecule has 0 unspecified atom stereocenters. The van der Waals surface area contributed by atoms with Crippen molar-refractivity contribution in [2.75, 3.05) is 33.9 Å². The highest BCUT2D eigenvalue weighted by Crippen LogP contribution is 2.09. The number of nitrogens with zero attached hydrogens (tertiary/aromatic N) is 3. The van der Waals surface area contributed by atoms with Gasteiger partial charge < -0.3 is 19.7 Å². The van der Waals surface area contributed by atoms with Crippen LogP contribution in [0.25, 0.3) is 0 Å². The van der Waals surface area contributed by atoms with Crippen molar-refractivity contribution in [3.63, 3.8) is 0 Å². The van der Waals surface area contributed by atoms with Crippen molar-refractivity contribution in [3.8, 4) is 11.6 Å². The number of likely N-dealkylation sites (N-methyl/N-ethyl adjacent to an activating group) is 1. The minimum Gasteiger partial charge on any atom is -0.492 e. The number of aromatic nitrogens is 1. The summed E-state index contributed by atoms with van der Waals surface area (Å²) in [6, 6.07) is 13.7. The van der Waals surface area contributed by atoms with E-state index in [-0.39, 0.29) is 24.0 Å². The lowest BCUT2D eigenvalue weighted by Crippen LogP contribution is -2.40. The topological polar surface area (TPSA) is 59.0 Å². The van der Waals surface area contributed by atoms with Gasteiger partial charge in [-0.3, -0.25) is 4.99 Å². The standard InChI is InChI=1S/C19H26N4O2.HI/c1-4-24-18-14-16(10-11-21-18)15-22-19(20-2)23(3)12-13-25-17-8-6-5-7-9-17;/h5-11,14H,4,12-13,15H2,1-3H3,(H,20,22);1H. The van der Waals surface area contributed by atoms with Crippen LogP contribution in [-0.2, 0) is 6.54 Å². The maximum absolute atomic E-state index is 5.73. The Morgan fingerprint density at radius 2 is 1.96 bits per heavy atom. The highest BCUT2D eigenvalue weighted by atomic mass is 127. The molecule has 0 aliphatic rings. The van der Waals surface area contributed by atoms with Gasteiger partial charge in [0.05, 0.1) is 13.2 Å².